The van der Waals surface area contributed by atoms with Crippen LogP contribution in [0, 0.1) is 0 Å². The summed E-state index contributed by atoms with van der Waals surface area (Å²) in [5.74, 6) is 0. The molecule has 0 saturated carbocycles. The maximum atomic E-state index is 4.73. The molecule has 0 aliphatic heterocycles. The van der Waals surface area contributed by atoms with E-state index >= 15 is 0 Å². The second kappa shape index (κ2) is 6.20. The van der Waals surface area contributed by atoms with Gasteiger partial charge >= 0.3 is 0 Å². The molecule has 2 aromatic heterocycles. The van der Waals surface area contributed by atoms with Gasteiger partial charge in [-0.1, -0.05) is 18.7 Å². The zero-order valence-electron chi connectivity index (χ0n) is 13.2. The number of fused-ring (bicyclic) bond motifs is 2. The Balaban J connectivity index is 1.40. The molecule has 0 bridgehead atoms. The molecule has 3 aromatic rings. The van der Waals surface area contributed by atoms with Gasteiger partial charge in [0.2, 0.25) is 0 Å². The topological polar surface area (TPSA) is 40.7 Å². The second-order valence-electron chi connectivity index (χ2n) is 6.18. The molecule has 0 radical (unpaired) electrons. The van der Waals surface area contributed by atoms with Crippen LogP contribution in [0.3, 0.4) is 0 Å². The monoisotopic (exact) mass is 323 g/mol. The summed E-state index contributed by atoms with van der Waals surface area (Å²) in [5.41, 5.74) is 4.91. The average molecular weight is 323 g/mol. The molecule has 2 heterocycles. The van der Waals surface area contributed by atoms with Crippen LogP contribution in [0.15, 0.2) is 42.7 Å². The first-order valence-electron chi connectivity index (χ1n) is 8.28. The first-order chi connectivity index (χ1) is 11.3. The first-order valence-corrected chi connectivity index (χ1v) is 9.09. The van der Waals surface area contributed by atoms with Crippen LogP contribution >= 0.6 is 11.3 Å². The van der Waals surface area contributed by atoms with E-state index in [4.69, 9.17) is 4.98 Å². The Morgan fingerprint density at radius 3 is 3.09 bits per heavy atom. The van der Waals surface area contributed by atoms with Gasteiger partial charge in [0, 0.05) is 27.7 Å². The molecular weight excluding hydrogens is 302 g/mol. The standard InChI is InChI=1S/C19H21N3S/c1-13(21-19-22-17-6-2-3-8-18(17)23-19)9-10-14-5-4-7-16-15(14)11-12-20-16/h4-5,7,11-12,20H,1-3,6,8-10H2,(H,21,22). The highest BCUT2D eigenvalue weighted by atomic mass is 32.1. The molecule has 0 unspecified atom stereocenters. The molecule has 118 valence electrons. The Labute approximate surface area is 140 Å². The lowest BCUT2D eigenvalue weighted by Gasteiger charge is -2.07. The zero-order chi connectivity index (χ0) is 15.6. The molecule has 0 saturated heterocycles. The van der Waals surface area contributed by atoms with Crippen LogP contribution in [-0.4, -0.2) is 9.97 Å². The Morgan fingerprint density at radius 2 is 2.17 bits per heavy atom. The lowest BCUT2D eigenvalue weighted by Crippen LogP contribution is -2.01. The van der Waals surface area contributed by atoms with Crippen LogP contribution in [0.2, 0.25) is 0 Å². The third kappa shape index (κ3) is 3.04. The summed E-state index contributed by atoms with van der Waals surface area (Å²) in [6.45, 7) is 4.19. The van der Waals surface area contributed by atoms with E-state index in [0.717, 1.165) is 30.1 Å². The normalized spacial score (nSPS) is 13.9. The average Bonchev–Trinajstić information content (AvgIpc) is 3.18. The number of thiazole rings is 1. The van der Waals surface area contributed by atoms with Crippen LogP contribution in [0.1, 0.15) is 35.4 Å². The summed E-state index contributed by atoms with van der Waals surface area (Å²) >= 11 is 1.80. The van der Waals surface area contributed by atoms with Crippen LogP contribution in [-0.2, 0) is 19.3 Å². The van der Waals surface area contributed by atoms with Gasteiger partial charge < -0.3 is 10.3 Å². The SMILES string of the molecule is C=C(CCc1cccc2[nH]ccc12)Nc1nc2c(s1)CCCC2. The maximum absolute atomic E-state index is 4.73. The molecule has 0 spiro atoms. The van der Waals surface area contributed by atoms with Gasteiger partial charge in [-0.3, -0.25) is 0 Å². The number of anilines is 1. The minimum atomic E-state index is 0.925. The number of hydrogen-bond donors (Lipinski definition) is 2. The minimum absolute atomic E-state index is 0.925. The first kappa shape index (κ1) is 14.5. The summed E-state index contributed by atoms with van der Waals surface area (Å²) in [6, 6.07) is 8.58. The van der Waals surface area contributed by atoms with Crippen molar-refractivity contribution in [3.63, 3.8) is 0 Å². The highest BCUT2D eigenvalue weighted by Crippen LogP contribution is 2.30. The number of hydrogen-bond acceptors (Lipinski definition) is 3. The number of rotatable bonds is 5. The third-order valence-electron chi connectivity index (χ3n) is 4.51. The van der Waals surface area contributed by atoms with E-state index < -0.39 is 0 Å². The number of aryl methyl sites for hydroxylation is 3. The number of benzene rings is 1. The van der Waals surface area contributed by atoms with Gasteiger partial charge in [0.1, 0.15) is 0 Å². The Morgan fingerprint density at radius 1 is 1.26 bits per heavy atom. The van der Waals surface area contributed by atoms with Gasteiger partial charge in [0.25, 0.3) is 0 Å². The molecular formula is C19H21N3S. The van der Waals surface area contributed by atoms with Gasteiger partial charge in [-0.05, 0) is 56.2 Å². The van der Waals surface area contributed by atoms with Crippen LogP contribution in [0.5, 0.6) is 0 Å². The van der Waals surface area contributed by atoms with Gasteiger partial charge in [-0.2, -0.15) is 0 Å². The number of allylic oxidation sites excluding steroid dienone is 1. The molecule has 4 heteroatoms. The molecule has 1 aliphatic rings. The van der Waals surface area contributed by atoms with Gasteiger partial charge in [0.05, 0.1) is 5.69 Å². The molecule has 1 aromatic carbocycles. The number of aromatic amines is 1. The summed E-state index contributed by atoms with van der Waals surface area (Å²) in [6.07, 6.45) is 8.82. The summed E-state index contributed by atoms with van der Waals surface area (Å²) in [7, 11) is 0. The largest absolute Gasteiger partial charge is 0.361 e. The summed E-state index contributed by atoms with van der Waals surface area (Å²) in [4.78, 5) is 9.46. The highest BCUT2D eigenvalue weighted by molar-refractivity contribution is 7.15. The third-order valence-corrected chi connectivity index (χ3v) is 5.58. The Kier molecular flexibility index (Phi) is 3.92. The smallest absolute Gasteiger partial charge is 0.187 e. The van der Waals surface area contributed by atoms with Crippen molar-refractivity contribution >= 4 is 27.4 Å². The molecule has 1 aliphatic carbocycles. The number of nitrogens with one attached hydrogen (secondary N) is 2. The Bertz CT molecular complexity index is 820. The van der Waals surface area contributed by atoms with Crippen molar-refractivity contribution in [3.05, 3.63) is 58.9 Å². The second-order valence-corrected chi connectivity index (χ2v) is 7.26. The van der Waals surface area contributed by atoms with Crippen LogP contribution in [0.25, 0.3) is 10.9 Å². The Hall–Kier alpha value is -2.07. The van der Waals surface area contributed by atoms with E-state index in [1.54, 1.807) is 11.3 Å². The number of nitrogens with zero attached hydrogens (tertiary/aromatic N) is 1. The lowest BCUT2D eigenvalue weighted by molar-refractivity contribution is 0.682. The van der Waals surface area contributed by atoms with E-state index in [1.165, 1.54) is 46.3 Å². The molecule has 4 rings (SSSR count). The summed E-state index contributed by atoms with van der Waals surface area (Å²) in [5, 5.41) is 5.74. The van der Waals surface area contributed by atoms with Gasteiger partial charge in [-0.25, -0.2) is 4.98 Å². The van der Waals surface area contributed by atoms with Crippen molar-refractivity contribution < 1.29 is 0 Å². The van der Waals surface area contributed by atoms with Crippen molar-refractivity contribution in [1.82, 2.24) is 9.97 Å². The molecule has 3 nitrogen and oxygen atoms in total. The van der Waals surface area contributed by atoms with Crippen LogP contribution < -0.4 is 5.32 Å². The highest BCUT2D eigenvalue weighted by Gasteiger charge is 2.15. The molecule has 0 atom stereocenters. The number of aromatic nitrogens is 2. The van der Waals surface area contributed by atoms with E-state index in [2.05, 4.69) is 41.1 Å². The van der Waals surface area contributed by atoms with E-state index in [1.807, 2.05) is 6.20 Å². The predicted molar refractivity (Wildman–Crippen MR) is 98.1 cm³/mol. The van der Waals surface area contributed by atoms with Crippen LogP contribution in [0.4, 0.5) is 5.13 Å². The van der Waals surface area contributed by atoms with Crippen molar-refractivity contribution in [1.29, 1.82) is 0 Å². The minimum Gasteiger partial charge on any atom is -0.361 e. The lowest BCUT2D eigenvalue weighted by atomic mass is 10.0. The maximum Gasteiger partial charge on any atom is 0.187 e. The fourth-order valence-electron chi connectivity index (χ4n) is 3.27. The molecule has 0 amide bonds. The fourth-order valence-corrected chi connectivity index (χ4v) is 4.37. The molecule has 2 N–H and O–H groups in total. The van der Waals surface area contributed by atoms with E-state index in [9.17, 15) is 0 Å². The number of H-pyrrole nitrogens is 1. The van der Waals surface area contributed by atoms with E-state index in [0.29, 0.717) is 0 Å². The van der Waals surface area contributed by atoms with Crippen molar-refractivity contribution in [3.8, 4) is 0 Å². The fraction of sp³-hybridized carbons (Fsp3) is 0.316. The van der Waals surface area contributed by atoms with Gasteiger partial charge in [0.15, 0.2) is 5.13 Å². The van der Waals surface area contributed by atoms with Gasteiger partial charge in [-0.15, -0.1) is 11.3 Å². The van der Waals surface area contributed by atoms with Crippen molar-refractivity contribution in [2.45, 2.75) is 38.5 Å². The van der Waals surface area contributed by atoms with Crippen molar-refractivity contribution in [2.75, 3.05) is 5.32 Å². The summed E-state index contributed by atoms with van der Waals surface area (Å²) < 4.78 is 0. The molecule has 0 fully saturated rings. The zero-order valence-corrected chi connectivity index (χ0v) is 14.0. The molecule has 23 heavy (non-hydrogen) atoms. The van der Waals surface area contributed by atoms with E-state index in [-0.39, 0.29) is 0 Å². The van der Waals surface area contributed by atoms with Crippen molar-refractivity contribution in [2.24, 2.45) is 0 Å². The quantitative estimate of drug-likeness (QED) is 0.689. The predicted octanol–water partition coefficient (Wildman–Crippen LogP) is 5.06.